The summed E-state index contributed by atoms with van der Waals surface area (Å²) < 4.78 is 7.48. The minimum atomic E-state index is 0. The highest BCUT2D eigenvalue weighted by Crippen LogP contribution is 2.23. The van der Waals surface area contributed by atoms with Gasteiger partial charge in [0.1, 0.15) is 5.69 Å². The fraction of sp³-hybridized carbons (Fsp3) is 0.111. The van der Waals surface area contributed by atoms with Gasteiger partial charge in [0.05, 0.1) is 23.3 Å². The summed E-state index contributed by atoms with van der Waals surface area (Å²) in [6.45, 7) is 0.837. The summed E-state index contributed by atoms with van der Waals surface area (Å²) >= 11 is 1.64. The molecule has 0 saturated carbocycles. The molecule has 3 aromatic heterocycles. The summed E-state index contributed by atoms with van der Waals surface area (Å²) in [6, 6.07) is 14.2. The van der Waals surface area contributed by atoms with Gasteiger partial charge in [-0.05, 0) is 17.7 Å². The summed E-state index contributed by atoms with van der Waals surface area (Å²) in [6.07, 6.45) is 6.37. The molecule has 0 radical (unpaired) electrons. The molecule has 0 amide bonds. The average molecular weight is 394 g/mol. The first-order valence-electron chi connectivity index (χ1n) is 7.40. The normalized spacial score (nSPS) is 10.1. The predicted molar refractivity (Wildman–Crippen MR) is 105 cm³/mol. The van der Waals surface area contributed by atoms with Gasteiger partial charge < -0.3 is 8.98 Å². The van der Waals surface area contributed by atoms with Crippen LogP contribution >= 0.6 is 36.2 Å². The standard InChI is InChI=1S/C18H15N3OS.2ClH/c1-2-5-14(6-3-1)10-21-11-15(19-13-21)9-18-20-16(12-23-18)17-7-4-8-22-17;;/h1-8,11-13H,9-10H2;2*1H. The fourth-order valence-corrected chi connectivity index (χ4v) is 3.26. The van der Waals surface area contributed by atoms with Crippen molar-refractivity contribution in [2.75, 3.05) is 0 Å². The van der Waals surface area contributed by atoms with Gasteiger partial charge in [-0.2, -0.15) is 0 Å². The highest BCUT2D eigenvalue weighted by molar-refractivity contribution is 7.10. The van der Waals surface area contributed by atoms with Crippen molar-refractivity contribution < 1.29 is 4.42 Å². The first-order valence-corrected chi connectivity index (χ1v) is 8.27. The van der Waals surface area contributed by atoms with Gasteiger partial charge in [0.15, 0.2) is 5.76 Å². The molecule has 0 aliphatic carbocycles. The zero-order valence-corrected chi connectivity index (χ0v) is 15.7. The first kappa shape index (κ1) is 19.2. The Labute approximate surface area is 162 Å². The molecule has 0 saturated heterocycles. The molecular weight excluding hydrogens is 377 g/mol. The summed E-state index contributed by atoms with van der Waals surface area (Å²) in [7, 11) is 0. The summed E-state index contributed by atoms with van der Waals surface area (Å²) in [5, 5.41) is 3.07. The fourth-order valence-electron chi connectivity index (χ4n) is 2.46. The molecule has 4 aromatic rings. The van der Waals surface area contributed by atoms with E-state index in [4.69, 9.17) is 4.42 Å². The quantitative estimate of drug-likeness (QED) is 0.474. The van der Waals surface area contributed by atoms with Crippen molar-refractivity contribution in [3.05, 3.63) is 82.9 Å². The molecule has 4 nitrogen and oxygen atoms in total. The molecule has 0 aliphatic rings. The Hall–Kier alpha value is -2.08. The number of rotatable bonds is 5. The Morgan fingerprint density at radius 1 is 1.04 bits per heavy atom. The molecule has 25 heavy (non-hydrogen) atoms. The van der Waals surface area contributed by atoms with Gasteiger partial charge in [-0.25, -0.2) is 9.97 Å². The van der Waals surface area contributed by atoms with E-state index >= 15 is 0 Å². The number of benzene rings is 1. The van der Waals surface area contributed by atoms with Gasteiger partial charge in [-0.3, -0.25) is 0 Å². The van der Waals surface area contributed by atoms with E-state index < -0.39 is 0 Å². The van der Waals surface area contributed by atoms with Crippen molar-refractivity contribution in [1.29, 1.82) is 0 Å². The molecule has 0 fully saturated rings. The molecule has 0 atom stereocenters. The lowest BCUT2D eigenvalue weighted by Gasteiger charge is -2.01. The van der Waals surface area contributed by atoms with E-state index in [1.807, 2.05) is 29.9 Å². The van der Waals surface area contributed by atoms with Gasteiger partial charge in [0, 0.05) is 24.5 Å². The SMILES string of the molecule is Cl.Cl.c1ccc(Cn2cnc(Cc3nc(-c4ccco4)cs3)c2)cc1. The molecule has 0 aliphatic heterocycles. The van der Waals surface area contributed by atoms with Crippen LogP contribution in [0.1, 0.15) is 16.3 Å². The second-order valence-corrected chi connectivity index (χ2v) is 6.25. The largest absolute Gasteiger partial charge is 0.463 e. The Morgan fingerprint density at radius 3 is 2.64 bits per heavy atom. The van der Waals surface area contributed by atoms with Gasteiger partial charge in [-0.1, -0.05) is 30.3 Å². The van der Waals surface area contributed by atoms with E-state index in [-0.39, 0.29) is 24.8 Å². The zero-order chi connectivity index (χ0) is 15.5. The third-order valence-electron chi connectivity index (χ3n) is 3.55. The minimum absolute atomic E-state index is 0. The van der Waals surface area contributed by atoms with Crippen molar-refractivity contribution in [3.8, 4) is 11.5 Å². The van der Waals surface area contributed by atoms with Gasteiger partial charge >= 0.3 is 0 Å². The van der Waals surface area contributed by atoms with E-state index in [0.717, 1.165) is 35.1 Å². The average Bonchev–Trinajstić information content (AvgIpc) is 3.30. The maximum Gasteiger partial charge on any atom is 0.153 e. The molecule has 0 N–H and O–H groups in total. The lowest BCUT2D eigenvalue weighted by Crippen LogP contribution is -1.95. The van der Waals surface area contributed by atoms with Crippen molar-refractivity contribution in [2.24, 2.45) is 0 Å². The highest BCUT2D eigenvalue weighted by atomic mass is 35.5. The Kier molecular flexibility index (Phi) is 6.82. The van der Waals surface area contributed by atoms with Crippen LogP contribution < -0.4 is 0 Å². The van der Waals surface area contributed by atoms with Crippen LogP contribution in [-0.4, -0.2) is 14.5 Å². The summed E-state index contributed by atoms with van der Waals surface area (Å²) in [5.41, 5.74) is 3.19. The molecule has 0 unspecified atom stereocenters. The molecule has 130 valence electrons. The molecule has 7 heteroatoms. The second kappa shape index (κ2) is 8.85. The summed E-state index contributed by atoms with van der Waals surface area (Å²) in [5.74, 6) is 0.808. The monoisotopic (exact) mass is 393 g/mol. The number of imidazole rings is 1. The maximum atomic E-state index is 5.38. The molecule has 1 aromatic carbocycles. The lowest BCUT2D eigenvalue weighted by molar-refractivity contribution is 0.580. The highest BCUT2D eigenvalue weighted by Gasteiger charge is 2.09. The molecule has 0 spiro atoms. The summed E-state index contributed by atoms with van der Waals surface area (Å²) in [4.78, 5) is 9.10. The van der Waals surface area contributed by atoms with Crippen molar-refractivity contribution in [1.82, 2.24) is 14.5 Å². The molecule has 3 heterocycles. The number of aromatic nitrogens is 3. The lowest BCUT2D eigenvalue weighted by atomic mass is 10.2. The van der Waals surface area contributed by atoms with Crippen LogP contribution in [0.5, 0.6) is 0 Å². The van der Waals surface area contributed by atoms with E-state index in [2.05, 4.69) is 45.0 Å². The van der Waals surface area contributed by atoms with Gasteiger partial charge in [0.25, 0.3) is 0 Å². The van der Waals surface area contributed by atoms with Crippen LogP contribution in [0.15, 0.2) is 71.0 Å². The number of hydrogen-bond donors (Lipinski definition) is 0. The molecule has 0 bridgehead atoms. The number of nitrogens with zero attached hydrogens (tertiary/aromatic N) is 3. The van der Waals surface area contributed by atoms with Crippen molar-refractivity contribution in [3.63, 3.8) is 0 Å². The maximum absolute atomic E-state index is 5.38. The predicted octanol–water partition coefficient (Wildman–Crippen LogP) is 5.08. The van der Waals surface area contributed by atoms with Crippen molar-refractivity contribution in [2.45, 2.75) is 13.0 Å². The van der Waals surface area contributed by atoms with E-state index in [0.29, 0.717) is 0 Å². The van der Waals surface area contributed by atoms with Gasteiger partial charge in [-0.15, -0.1) is 36.2 Å². The Morgan fingerprint density at radius 2 is 1.88 bits per heavy atom. The van der Waals surface area contributed by atoms with Crippen molar-refractivity contribution >= 4 is 36.2 Å². The van der Waals surface area contributed by atoms with Crippen LogP contribution in [0.3, 0.4) is 0 Å². The van der Waals surface area contributed by atoms with E-state index in [1.165, 1.54) is 5.56 Å². The number of thiazole rings is 1. The molecule has 4 rings (SSSR count). The second-order valence-electron chi connectivity index (χ2n) is 5.30. The number of hydrogen-bond acceptors (Lipinski definition) is 4. The third-order valence-corrected chi connectivity index (χ3v) is 4.40. The van der Waals surface area contributed by atoms with Gasteiger partial charge in [0.2, 0.25) is 0 Å². The Bertz CT molecular complexity index is 888. The van der Waals surface area contributed by atoms with E-state index in [1.54, 1.807) is 17.6 Å². The molecular formula is C18H17Cl2N3OS. The zero-order valence-electron chi connectivity index (χ0n) is 13.2. The topological polar surface area (TPSA) is 43.9 Å². The smallest absolute Gasteiger partial charge is 0.153 e. The van der Waals surface area contributed by atoms with Crippen LogP contribution in [0.25, 0.3) is 11.5 Å². The van der Waals surface area contributed by atoms with Crippen LogP contribution in [0.4, 0.5) is 0 Å². The first-order chi connectivity index (χ1) is 11.4. The van der Waals surface area contributed by atoms with E-state index in [9.17, 15) is 0 Å². The number of halogens is 2. The Balaban J connectivity index is 0.00000113. The number of furan rings is 1. The van der Waals surface area contributed by atoms with Crippen LogP contribution in [0.2, 0.25) is 0 Å². The third kappa shape index (κ3) is 4.72. The minimum Gasteiger partial charge on any atom is -0.463 e. The van der Waals surface area contributed by atoms with Crippen LogP contribution in [0, 0.1) is 0 Å². The van der Waals surface area contributed by atoms with Crippen LogP contribution in [-0.2, 0) is 13.0 Å².